The third-order valence-electron chi connectivity index (χ3n) is 10.1. The number of methoxy groups -OCH3 is 1. The van der Waals surface area contributed by atoms with Crippen molar-refractivity contribution < 1.29 is 19.1 Å². The Labute approximate surface area is 249 Å². The smallest absolute Gasteiger partial charge is 0.337 e. The molecule has 7 nitrogen and oxygen atoms in total. The summed E-state index contributed by atoms with van der Waals surface area (Å²) in [6, 6.07) is 15.7. The van der Waals surface area contributed by atoms with Gasteiger partial charge in [-0.3, -0.25) is 14.5 Å². The third-order valence-corrected chi connectivity index (χ3v) is 10.1. The van der Waals surface area contributed by atoms with Crippen LogP contribution in [0.1, 0.15) is 72.0 Å². The zero-order valence-corrected chi connectivity index (χ0v) is 24.7. The number of nitrogens with zero attached hydrogens (tertiary/aromatic N) is 2. The highest BCUT2D eigenvalue weighted by Gasteiger charge is 2.51. The van der Waals surface area contributed by atoms with Crippen LogP contribution in [0.2, 0.25) is 0 Å². The lowest BCUT2D eigenvalue weighted by Gasteiger charge is -2.56. The molecule has 0 atom stereocenters. The average Bonchev–Trinajstić information content (AvgIpc) is 2.99. The van der Waals surface area contributed by atoms with E-state index < -0.39 is 0 Å². The summed E-state index contributed by atoms with van der Waals surface area (Å²) in [4.78, 5) is 41.8. The number of hydrogen-bond acceptors (Lipinski definition) is 5. The van der Waals surface area contributed by atoms with Gasteiger partial charge in [-0.05, 0) is 90.5 Å². The summed E-state index contributed by atoms with van der Waals surface area (Å²) < 4.78 is 4.78. The molecule has 7 rings (SSSR count). The second-order valence-electron chi connectivity index (χ2n) is 13.2. The van der Waals surface area contributed by atoms with E-state index in [2.05, 4.69) is 34.5 Å². The normalized spacial score (nSPS) is 26.9. The first-order valence-electron chi connectivity index (χ1n) is 15.6. The number of amides is 2. The molecule has 0 aromatic heterocycles. The molecule has 222 valence electrons. The maximum atomic E-state index is 12.9. The van der Waals surface area contributed by atoms with Crippen molar-refractivity contribution in [2.45, 2.75) is 51.5 Å². The van der Waals surface area contributed by atoms with Gasteiger partial charge in [-0.25, -0.2) is 4.79 Å². The Hall–Kier alpha value is -3.45. The zero-order valence-electron chi connectivity index (χ0n) is 24.7. The van der Waals surface area contributed by atoms with Gasteiger partial charge in [0.15, 0.2) is 0 Å². The number of esters is 1. The predicted octanol–water partition coefficient (Wildman–Crippen LogP) is 5.01. The van der Waals surface area contributed by atoms with Crippen molar-refractivity contribution in [1.29, 1.82) is 0 Å². The third kappa shape index (κ3) is 6.62. The molecule has 7 heteroatoms. The Morgan fingerprint density at radius 2 is 1.52 bits per heavy atom. The van der Waals surface area contributed by atoms with Gasteiger partial charge in [-0.15, -0.1) is 0 Å². The first kappa shape index (κ1) is 28.7. The summed E-state index contributed by atoms with van der Waals surface area (Å²) in [5.74, 6) is 2.24. The number of rotatable bonds is 9. The van der Waals surface area contributed by atoms with Gasteiger partial charge < -0.3 is 15.0 Å². The molecule has 1 aliphatic heterocycles. The van der Waals surface area contributed by atoms with Gasteiger partial charge in [-0.1, -0.05) is 48.6 Å². The topological polar surface area (TPSA) is 79.0 Å². The van der Waals surface area contributed by atoms with Crippen LogP contribution < -0.4 is 5.32 Å². The van der Waals surface area contributed by atoms with Gasteiger partial charge in [-0.2, -0.15) is 0 Å². The first-order chi connectivity index (χ1) is 20.4. The molecule has 4 bridgehead atoms. The van der Waals surface area contributed by atoms with Gasteiger partial charge in [0.25, 0.3) is 0 Å². The van der Waals surface area contributed by atoms with E-state index in [1.54, 1.807) is 12.1 Å². The van der Waals surface area contributed by atoms with Crippen molar-refractivity contribution in [3.8, 4) is 0 Å². The number of ether oxygens (including phenoxy) is 1. The molecule has 2 amide bonds. The van der Waals surface area contributed by atoms with Crippen molar-refractivity contribution in [3.63, 3.8) is 0 Å². The van der Waals surface area contributed by atoms with Crippen LogP contribution in [0.15, 0.2) is 48.5 Å². The molecule has 42 heavy (non-hydrogen) atoms. The lowest BCUT2D eigenvalue weighted by molar-refractivity contribution is -0.136. The van der Waals surface area contributed by atoms with Gasteiger partial charge >= 0.3 is 5.97 Å². The fourth-order valence-electron chi connectivity index (χ4n) is 8.47. The van der Waals surface area contributed by atoms with Crippen molar-refractivity contribution in [1.82, 2.24) is 15.1 Å². The summed E-state index contributed by atoms with van der Waals surface area (Å²) in [7, 11) is 1.38. The number of benzene rings is 2. The Morgan fingerprint density at radius 3 is 2.17 bits per heavy atom. The van der Waals surface area contributed by atoms with Crippen LogP contribution in [-0.4, -0.2) is 67.4 Å². The summed E-state index contributed by atoms with van der Waals surface area (Å²) in [5, 5.41) is 2.98. The summed E-state index contributed by atoms with van der Waals surface area (Å²) in [5.41, 5.74) is 4.13. The largest absolute Gasteiger partial charge is 0.465 e. The van der Waals surface area contributed by atoms with E-state index in [0.29, 0.717) is 25.1 Å². The van der Waals surface area contributed by atoms with E-state index >= 15 is 0 Å². The van der Waals surface area contributed by atoms with E-state index in [1.807, 2.05) is 29.2 Å². The number of carbonyl (C=O) groups excluding carboxylic acids is 3. The molecule has 1 heterocycles. The minimum Gasteiger partial charge on any atom is -0.465 e. The van der Waals surface area contributed by atoms with E-state index in [9.17, 15) is 14.4 Å². The van der Waals surface area contributed by atoms with Crippen LogP contribution in [0.3, 0.4) is 0 Å². The van der Waals surface area contributed by atoms with Crippen molar-refractivity contribution >= 4 is 29.9 Å². The van der Waals surface area contributed by atoms with E-state index in [0.717, 1.165) is 48.5 Å². The predicted molar refractivity (Wildman–Crippen MR) is 163 cm³/mol. The molecule has 1 saturated heterocycles. The minimum absolute atomic E-state index is 0.0232. The van der Waals surface area contributed by atoms with Crippen molar-refractivity contribution in [2.75, 3.05) is 39.8 Å². The van der Waals surface area contributed by atoms with E-state index in [1.165, 1.54) is 51.2 Å². The highest BCUT2D eigenvalue weighted by molar-refractivity contribution is 5.89. The van der Waals surface area contributed by atoms with Gasteiger partial charge in [0.1, 0.15) is 0 Å². The average molecular weight is 570 g/mol. The van der Waals surface area contributed by atoms with Crippen molar-refractivity contribution in [2.24, 2.45) is 23.2 Å². The van der Waals surface area contributed by atoms with Gasteiger partial charge in [0, 0.05) is 39.1 Å². The number of carbonyl (C=O) groups is 3. The van der Waals surface area contributed by atoms with E-state index in [-0.39, 0.29) is 29.7 Å². The molecule has 1 N–H and O–H groups in total. The Bertz CT molecular complexity index is 1290. The highest BCUT2D eigenvalue weighted by Crippen LogP contribution is 2.61. The lowest BCUT2D eigenvalue weighted by atomic mass is 9.49. The van der Waals surface area contributed by atoms with Gasteiger partial charge in [0.05, 0.1) is 19.2 Å². The first-order valence-corrected chi connectivity index (χ1v) is 15.6. The molecule has 5 aliphatic rings. The quantitative estimate of drug-likeness (QED) is 0.339. The fraction of sp³-hybridized carbons (Fsp3) is 0.514. The molecule has 4 aliphatic carbocycles. The van der Waals surface area contributed by atoms with Crippen LogP contribution in [0.4, 0.5) is 0 Å². The SMILES string of the molecule is COC(=O)c1ccc(/C=C/c2ccccc2CN2CCN(C(=O)CNC(=O)CC34CC5CC(CC(C5)C3)C4)CC2)cc1. The molecule has 0 spiro atoms. The summed E-state index contributed by atoms with van der Waals surface area (Å²) in [6.07, 6.45) is 12.5. The van der Waals surface area contributed by atoms with Crippen LogP contribution >= 0.6 is 0 Å². The van der Waals surface area contributed by atoms with Gasteiger partial charge in [0.2, 0.25) is 11.8 Å². The Morgan fingerprint density at radius 1 is 0.881 bits per heavy atom. The Balaban J connectivity index is 0.958. The molecule has 0 unspecified atom stereocenters. The zero-order chi connectivity index (χ0) is 29.1. The molecule has 4 saturated carbocycles. The van der Waals surface area contributed by atoms with Crippen LogP contribution in [-0.2, 0) is 20.9 Å². The highest BCUT2D eigenvalue weighted by atomic mass is 16.5. The maximum absolute atomic E-state index is 12.9. The molecular formula is C35H43N3O4. The fourth-order valence-corrected chi connectivity index (χ4v) is 8.47. The Kier molecular flexibility index (Phi) is 8.48. The lowest BCUT2D eigenvalue weighted by Crippen LogP contribution is -2.51. The number of nitrogens with one attached hydrogen (secondary N) is 1. The number of piperazine rings is 1. The molecule has 2 aromatic carbocycles. The maximum Gasteiger partial charge on any atom is 0.337 e. The second-order valence-corrected chi connectivity index (χ2v) is 13.2. The minimum atomic E-state index is -0.338. The molecule has 5 fully saturated rings. The van der Waals surface area contributed by atoms with Crippen LogP contribution in [0, 0.1) is 23.2 Å². The van der Waals surface area contributed by atoms with Crippen LogP contribution in [0.5, 0.6) is 0 Å². The number of hydrogen-bond donors (Lipinski definition) is 1. The van der Waals surface area contributed by atoms with Crippen molar-refractivity contribution in [3.05, 3.63) is 70.8 Å². The molecular weight excluding hydrogens is 526 g/mol. The van der Waals surface area contributed by atoms with E-state index in [4.69, 9.17) is 4.74 Å². The summed E-state index contributed by atoms with van der Waals surface area (Å²) >= 11 is 0. The monoisotopic (exact) mass is 569 g/mol. The molecule has 0 radical (unpaired) electrons. The van der Waals surface area contributed by atoms with Crippen LogP contribution in [0.25, 0.3) is 12.2 Å². The summed E-state index contributed by atoms with van der Waals surface area (Å²) in [6.45, 7) is 3.88. The molecule has 2 aromatic rings. The standard InChI is InChI=1S/C35H43N3O4/c1-42-34(41)30-10-7-25(8-11-30)6-9-29-4-2-3-5-31(29)24-37-12-14-38(15-13-37)33(40)23-36-32(39)22-35-19-26-16-27(20-35)18-28(17-26)21-35/h2-11,26-28H,12-24H2,1H3,(H,36,39)/b9-6+. The second kappa shape index (κ2) is 12.4.